The molecule has 2 aliphatic rings. The Morgan fingerprint density at radius 3 is 2.75 bits per heavy atom. The zero-order valence-electron chi connectivity index (χ0n) is 9.66. The number of hydrogen-bond donors (Lipinski definition) is 0. The molecule has 0 aromatic carbocycles. The van der Waals surface area contributed by atoms with Crippen LogP contribution in [0.15, 0.2) is 0 Å². The Morgan fingerprint density at radius 1 is 1.44 bits per heavy atom. The van der Waals surface area contributed by atoms with E-state index >= 15 is 0 Å². The maximum absolute atomic E-state index is 11.8. The first-order valence-corrected chi connectivity index (χ1v) is 6.88. The smallest absolute Gasteiger partial charge is 0.317 e. The minimum atomic E-state index is -0.497. The van der Waals surface area contributed by atoms with Gasteiger partial charge >= 0.3 is 5.97 Å². The zero-order valence-corrected chi connectivity index (χ0v) is 10.5. The van der Waals surface area contributed by atoms with Crippen molar-refractivity contribution in [2.45, 2.75) is 50.2 Å². The van der Waals surface area contributed by atoms with Crippen molar-refractivity contribution in [2.24, 2.45) is 5.92 Å². The maximum atomic E-state index is 11.8. The predicted molar refractivity (Wildman–Crippen MR) is 63.2 cm³/mol. The molecule has 1 atom stereocenters. The van der Waals surface area contributed by atoms with E-state index in [0.29, 0.717) is 13.0 Å². The number of hydrogen-bond acceptors (Lipinski definition) is 4. The van der Waals surface area contributed by atoms with Crippen molar-refractivity contribution in [2.75, 3.05) is 6.61 Å². The topological polar surface area (TPSA) is 43.4 Å². The van der Waals surface area contributed by atoms with E-state index < -0.39 is 5.92 Å². The van der Waals surface area contributed by atoms with E-state index in [1.807, 2.05) is 0 Å². The molecule has 2 rings (SSSR count). The van der Waals surface area contributed by atoms with Gasteiger partial charge in [0.05, 0.1) is 6.61 Å². The summed E-state index contributed by atoms with van der Waals surface area (Å²) in [5.41, 5.74) is 0. The summed E-state index contributed by atoms with van der Waals surface area (Å²) in [6.45, 7) is 2.14. The van der Waals surface area contributed by atoms with Gasteiger partial charge in [0.1, 0.15) is 5.92 Å². The summed E-state index contributed by atoms with van der Waals surface area (Å²) in [7, 11) is 0. The predicted octanol–water partition coefficient (Wildman–Crippen LogP) is 2.53. The Labute approximate surface area is 100 Å². The molecule has 0 aromatic rings. The number of esters is 1. The van der Waals surface area contributed by atoms with Crippen LogP contribution in [0, 0.1) is 5.92 Å². The van der Waals surface area contributed by atoms with Crippen molar-refractivity contribution in [1.29, 1.82) is 0 Å². The Kier molecular flexibility index (Phi) is 3.57. The van der Waals surface area contributed by atoms with Crippen LogP contribution in [0.5, 0.6) is 0 Å². The number of carbonyl (C=O) groups is 2. The van der Waals surface area contributed by atoms with E-state index in [1.54, 1.807) is 6.92 Å². The van der Waals surface area contributed by atoms with Gasteiger partial charge in [0, 0.05) is 4.75 Å². The average Bonchev–Trinajstić information content (AvgIpc) is 2.57. The van der Waals surface area contributed by atoms with Gasteiger partial charge in [-0.05, 0) is 26.2 Å². The third kappa shape index (κ3) is 2.26. The van der Waals surface area contributed by atoms with E-state index in [-0.39, 0.29) is 15.8 Å². The molecule has 90 valence electrons. The molecule has 0 radical (unpaired) electrons. The lowest BCUT2D eigenvalue weighted by Crippen LogP contribution is -2.27. The van der Waals surface area contributed by atoms with Crippen LogP contribution in [0.1, 0.15) is 45.4 Å². The van der Waals surface area contributed by atoms with E-state index in [1.165, 1.54) is 31.0 Å². The Morgan fingerprint density at radius 2 is 2.12 bits per heavy atom. The fraction of sp³-hybridized carbons (Fsp3) is 0.833. The van der Waals surface area contributed by atoms with Crippen LogP contribution in [0.2, 0.25) is 0 Å². The summed E-state index contributed by atoms with van der Waals surface area (Å²) in [6, 6.07) is 0. The molecule has 1 heterocycles. The summed E-state index contributed by atoms with van der Waals surface area (Å²) < 4.78 is 5.02. The molecule has 3 nitrogen and oxygen atoms in total. The first-order valence-electron chi connectivity index (χ1n) is 6.06. The molecule has 1 spiro atoms. The highest BCUT2D eigenvalue weighted by Crippen LogP contribution is 2.51. The minimum Gasteiger partial charge on any atom is -0.465 e. The van der Waals surface area contributed by atoms with Gasteiger partial charge in [0.25, 0.3) is 0 Å². The van der Waals surface area contributed by atoms with Gasteiger partial charge in [-0.3, -0.25) is 9.59 Å². The second-order valence-corrected chi connectivity index (χ2v) is 6.15. The van der Waals surface area contributed by atoms with Crippen LogP contribution in [0.4, 0.5) is 0 Å². The first kappa shape index (κ1) is 12.0. The number of ether oxygens (including phenoxy) is 1. The summed E-state index contributed by atoms with van der Waals surface area (Å²) in [4.78, 5) is 23.5. The normalized spacial score (nSPS) is 28.3. The van der Waals surface area contributed by atoms with Crippen LogP contribution in [0.3, 0.4) is 0 Å². The molecule has 4 heteroatoms. The van der Waals surface area contributed by atoms with Crippen molar-refractivity contribution in [3.8, 4) is 0 Å². The second-order valence-electron chi connectivity index (χ2n) is 4.67. The first-order chi connectivity index (χ1) is 7.67. The van der Waals surface area contributed by atoms with Gasteiger partial charge < -0.3 is 4.74 Å². The van der Waals surface area contributed by atoms with Crippen LogP contribution in [0.25, 0.3) is 0 Å². The van der Waals surface area contributed by atoms with Gasteiger partial charge in [-0.25, -0.2) is 0 Å². The highest BCUT2D eigenvalue weighted by molar-refractivity contribution is 8.15. The molecule has 1 saturated carbocycles. The summed E-state index contributed by atoms with van der Waals surface area (Å²) in [5.74, 6) is -0.814. The molecule has 0 N–H and O–H groups in total. The fourth-order valence-corrected chi connectivity index (χ4v) is 4.20. The molecule has 1 saturated heterocycles. The Hall–Kier alpha value is -0.510. The van der Waals surface area contributed by atoms with Crippen LogP contribution >= 0.6 is 11.8 Å². The summed E-state index contributed by atoms with van der Waals surface area (Å²) in [5, 5.41) is 0.0281. The van der Waals surface area contributed by atoms with E-state index in [0.717, 1.165) is 12.8 Å². The number of rotatable bonds is 2. The van der Waals surface area contributed by atoms with Crippen molar-refractivity contribution >= 4 is 22.8 Å². The Balaban J connectivity index is 2.03. The van der Waals surface area contributed by atoms with E-state index in [4.69, 9.17) is 4.74 Å². The fourth-order valence-electron chi connectivity index (χ4n) is 2.71. The Bertz CT molecular complexity index is 295. The van der Waals surface area contributed by atoms with Crippen molar-refractivity contribution in [3.05, 3.63) is 0 Å². The highest BCUT2D eigenvalue weighted by atomic mass is 32.2. The van der Waals surface area contributed by atoms with Gasteiger partial charge in [0.2, 0.25) is 5.12 Å². The van der Waals surface area contributed by atoms with E-state index in [2.05, 4.69) is 0 Å². The average molecular weight is 242 g/mol. The lowest BCUT2D eigenvalue weighted by molar-refractivity contribution is -0.149. The largest absolute Gasteiger partial charge is 0.465 e. The third-order valence-electron chi connectivity index (χ3n) is 3.51. The van der Waals surface area contributed by atoms with Gasteiger partial charge in [0.15, 0.2) is 0 Å². The lowest BCUT2D eigenvalue weighted by Gasteiger charge is -2.31. The van der Waals surface area contributed by atoms with Gasteiger partial charge in [-0.15, -0.1) is 0 Å². The monoisotopic (exact) mass is 242 g/mol. The standard InChI is InChI=1S/C12H18O3S/c1-2-15-10(13)9-8-12(16-11(9)14)6-4-3-5-7-12/h9H,2-8H2,1H3. The van der Waals surface area contributed by atoms with Gasteiger partial charge in [-0.1, -0.05) is 31.0 Å². The second kappa shape index (κ2) is 4.78. The molecular formula is C12H18O3S. The van der Waals surface area contributed by atoms with E-state index in [9.17, 15) is 9.59 Å². The molecular weight excluding hydrogens is 224 g/mol. The van der Waals surface area contributed by atoms with Gasteiger partial charge in [-0.2, -0.15) is 0 Å². The molecule has 0 amide bonds. The summed E-state index contributed by atoms with van der Waals surface area (Å²) >= 11 is 1.41. The maximum Gasteiger partial charge on any atom is 0.317 e. The SMILES string of the molecule is CCOC(=O)C1CC2(CCCCC2)SC1=O. The van der Waals surface area contributed by atoms with Crippen LogP contribution in [-0.2, 0) is 14.3 Å². The molecule has 1 aliphatic carbocycles. The van der Waals surface area contributed by atoms with Crippen molar-refractivity contribution < 1.29 is 14.3 Å². The molecule has 1 unspecified atom stereocenters. The highest BCUT2D eigenvalue weighted by Gasteiger charge is 2.49. The third-order valence-corrected chi connectivity index (χ3v) is 5.01. The van der Waals surface area contributed by atoms with Crippen molar-refractivity contribution in [3.63, 3.8) is 0 Å². The molecule has 1 aliphatic heterocycles. The lowest BCUT2D eigenvalue weighted by atomic mass is 9.82. The molecule has 2 fully saturated rings. The van der Waals surface area contributed by atoms with Crippen LogP contribution < -0.4 is 0 Å². The minimum absolute atomic E-state index is 0.0281. The summed E-state index contributed by atoms with van der Waals surface area (Å²) in [6.07, 6.45) is 6.51. The van der Waals surface area contributed by atoms with Crippen molar-refractivity contribution in [1.82, 2.24) is 0 Å². The quantitative estimate of drug-likeness (QED) is 0.551. The number of thioether (sulfide) groups is 1. The zero-order chi connectivity index (χ0) is 11.6. The molecule has 0 bridgehead atoms. The molecule has 16 heavy (non-hydrogen) atoms. The molecule has 0 aromatic heterocycles. The van der Waals surface area contributed by atoms with Crippen LogP contribution in [-0.4, -0.2) is 22.4 Å². The number of carbonyl (C=O) groups excluding carboxylic acids is 2.